The molecule has 369 valence electrons. The minimum absolute atomic E-state index is 0. The number of nitrogens with zero attached hydrogens (tertiary/aromatic N) is 6. The number of benzene rings is 5. The van der Waals surface area contributed by atoms with Crippen molar-refractivity contribution < 1.29 is 101 Å². The van der Waals surface area contributed by atoms with Crippen LogP contribution >= 0.6 is 0 Å². The zero-order valence-corrected chi connectivity index (χ0v) is 41.2. The number of hydrogen-bond acceptors (Lipinski definition) is 16. The van der Waals surface area contributed by atoms with E-state index in [9.17, 15) is 10.2 Å². The smallest absolute Gasteiger partial charge is 0.872 e. The zero-order valence-electron chi connectivity index (χ0n) is 37.7. The Morgan fingerprint density at radius 1 is 0.500 bits per heavy atom. The summed E-state index contributed by atoms with van der Waals surface area (Å²) < 4.78 is 67.9. The summed E-state index contributed by atoms with van der Waals surface area (Å²) in [7, 11) is -9.89. The van der Waals surface area contributed by atoms with E-state index in [0.29, 0.717) is 22.3 Å². The molecule has 0 N–H and O–H groups in total. The largest absolute Gasteiger partial charge is 3.00 e. The fourth-order valence-corrected chi connectivity index (χ4v) is 6.85. The molecule has 20 heteroatoms. The second-order valence-electron chi connectivity index (χ2n) is 14.5. The summed E-state index contributed by atoms with van der Waals surface area (Å²) in [4.78, 5) is 20.4. The van der Waals surface area contributed by atoms with Gasteiger partial charge >= 0.3 is 33.0 Å². The number of aryl methyl sites for hydroxylation is 2. The first-order valence-corrected chi connectivity index (χ1v) is 22.7. The van der Waals surface area contributed by atoms with Crippen LogP contribution in [0.2, 0.25) is 0 Å². The molecule has 2 aliphatic rings. The number of hydrogen-bond donors (Lipinski definition) is 0. The summed E-state index contributed by atoms with van der Waals surface area (Å²) in [5.41, 5.74) is 6.51. The average Bonchev–Trinajstić information content (AvgIpc) is 3.28. The van der Waals surface area contributed by atoms with Gasteiger partial charge < -0.3 is 10.2 Å². The van der Waals surface area contributed by atoms with Gasteiger partial charge in [-0.25, -0.2) is 55.8 Å². The number of rotatable bonds is 4. The van der Waals surface area contributed by atoms with Crippen LogP contribution in [0.25, 0.3) is 0 Å². The molecule has 0 saturated carbocycles. The third-order valence-corrected chi connectivity index (χ3v) is 9.42. The summed E-state index contributed by atoms with van der Waals surface area (Å²) in [6, 6.07) is 38.9. The molecule has 70 heavy (non-hydrogen) atoms. The van der Waals surface area contributed by atoms with E-state index < -0.39 is 44.7 Å². The fourth-order valence-electron chi connectivity index (χ4n) is 6.85. The van der Waals surface area contributed by atoms with Crippen molar-refractivity contribution in [3.63, 3.8) is 0 Å². The number of halogens is 2. The average molecular weight is 1080 g/mol. The third-order valence-electron chi connectivity index (χ3n) is 9.42. The summed E-state index contributed by atoms with van der Waals surface area (Å²) in [5.74, 6) is -0.427. The molecule has 1 unspecified atom stereocenters. The Kier molecular flexibility index (Phi) is 27.7. The van der Waals surface area contributed by atoms with Crippen molar-refractivity contribution in [1.29, 1.82) is 10.5 Å². The van der Waals surface area contributed by atoms with E-state index in [1.165, 1.54) is 13.8 Å². The van der Waals surface area contributed by atoms with Gasteiger partial charge in [0.15, 0.2) is 0 Å². The van der Waals surface area contributed by atoms with Crippen LogP contribution in [-0.4, -0.2) is 30.9 Å². The van der Waals surface area contributed by atoms with Crippen LogP contribution in [0.5, 0.6) is 11.5 Å². The van der Waals surface area contributed by atoms with Crippen LogP contribution in [0.4, 0.5) is 0 Å². The Balaban J connectivity index is 0.00000119. The molecule has 5 aromatic rings. The monoisotopic (exact) mass is 1080 g/mol. The molecular formula is C50H45Cl2N6Ni2O10. The van der Waals surface area contributed by atoms with Gasteiger partial charge in [-0.05, 0) is 69.8 Å². The molecule has 1 radical (unpaired) electrons. The predicted octanol–water partition coefficient (Wildman–Crippen LogP) is -0.0782. The number of aliphatic imine (C=N–C) groups is 4. The van der Waals surface area contributed by atoms with E-state index in [2.05, 4.69) is 12.5 Å². The van der Waals surface area contributed by atoms with Gasteiger partial charge in [0.25, 0.3) is 0 Å². The second-order valence-corrected chi connectivity index (χ2v) is 16.0. The van der Waals surface area contributed by atoms with Crippen LogP contribution < -0.4 is 47.5 Å². The van der Waals surface area contributed by atoms with E-state index in [0.717, 1.165) is 27.8 Å². The van der Waals surface area contributed by atoms with Gasteiger partial charge in [-0.2, -0.15) is 10.5 Å². The van der Waals surface area contributed by atoms with Crippen LogP contribution in [0, 0.1) is 69.3 Å². The van der Waals surface area contributed by atoms with E-state index in [4.69, 9.17) is 67.8 Å². The number of nitriles is 2. The minimum Gasteiger partial charge on any atom is -0.872 e. The molecule has 0 spiro atoms. The number of fused-ring (bicyclic) bond motifs is 4. The van der Waals surface area contributed by atoms with E-state index in [-0.39, 0.29) is 50.4 Å². The van der Waals surface area contributed by atoms with Crippen LogP contribution in [0.15, 0.2) is 160 Å². The van der Waals surface area contributed by atoms with Gasteiger partial charge in [0.1, 0.15) is 12.1 Å². The molecule has 1 aliphatic heterocycles. The molecule has 0 aromatic heterocycles. The molecule has 7 rings (SSSR count). The van der Waals surface area contributed by atoms with Crippen molar-refractivity contribution in [2.45, 2.75) is 51.9 Å². The summed E-state index contributed by atoms with van der Waals surface area (Å²) in [6.45, 7) is 6.80. The van der Waals surface area contributed by atoms with Gasteiger partial charge in [-0.1, -0.05) is 127 Å². The van der Waals surface area contributed by atoms with Crippen molar-refractivity contribution in [1.82, 2.24) is 0 Å². The summed E-state index contributed by atoms with van der Waals surface area (Å²) >= 11 is 0. The molecular weight excluding hydrogens is 1030 g/mol. The Hall–Kier alpha value is -6.04. The normalized spacial score (nSPS) is 17.8. The van der Waals surface area contributed by atoms with Crippen molar-refractivity contribution in [3.05, 3.63) is 196 Å². The van der Waals surface area contributed by atoms with Gasteiger partial charge in [-0.3, -0.25) is 20.0 Å². The molecule has 0 fully saturated rings. The number of allylic oxidation sites excluding steroid dienone is 3. The summed E-state index contributed by atoms with van der Waals surface area (Å²) in [5, 5.41) is 42.9. The SMILES string of the molecule is CC#N.CC#N.Cc1cc2c([O-])c(c1)C=N[C@H](c1ccccc1)[C@@H](C1C=CC=C[CH-]1)N=Cc1cc(C)cc(c1[O-])C=N[C@H](c1ccccc1)[C@@H](c1ccccc1)N=C2.[Ni+2].[Ni+3].[O-][Cl+3]([O-])([O-])[O-].[O-][Cl+3]([O-])([O-])[O-]. The van der Waals surface area contributed by atoms with Crippen LogP contribution in [0.1, 0.15) is 82.0 Å². The minimum atomic E-state index is -4.94. The summed E-state index contributed by atoms with van der Waals surface area (Å²) in [6.07, 6.45) is 16.9. The maximum atomic E-state index is 14.1. The van der Waals surface area contributed by atoms with E-state index in [1.54, 1.807) is 37.0 Å². The Labute approximate surface area is 431 Å². The van der Waals surface area contributed by atoms with Crippen LogP contribution in [-0.2, 0) is 33.0 Å². The first-order chi connectivity index (χ1) is 32.3. The first kappa shape index (κ1) is 62.0. The fraction of sp³-hybridized carbons (Fsp3) is 0.180. The predicted molar refractivity (Wildman–Crippen MR) is 232 cm³/mol. The van der Waals surface area contributed by atoms with Crippen molar-refractivity contribution in [2.24, 2.45) is 25.9 Å². The molecule has 16 nitrogen and oxygen atoms in total. The molecule has 5 atom stereocenters. The Morgan fingerprint density at radius 2 is 0.786 bits per heavy atom. The van der Waals surface area contributed by atoms with E-state index in [1.807, 2.05) is 147 Å². The molecule has 0 saturated heterocycles. The van der Waals surface area contributed by atoms with Gasteiger partial charge in [0, 0.05) is 38.7 Å². The third kappa shape index (κ3) is 22.1. The van der Waals surface area contributed by atoms with E-state index >= 15 is 0 Å². The van der Waals surface area contributed by atoms with Crippen molar-refractivity contribution in [2.75, 3.05) is 0 Å². The quantitative estimate of drug-likeness (QED) is 0.169. The van der Waals surface area contributed by atoms with Gasteiger partial charge in [-0.15, -0.1) is 32.6 Å². The Bertz CT molecular complexity index is 2600. The first-order valence-electron chi connectivity index (χ1n) is 20.2. The topological polar surface area (TPSA) is 328 Å². The van der Waals surface area contributed by atoms with Crippen molar-refractivity contribution >= 4 is 24.9 Å². The maximum absolute atomic E-state index is 14.1. The molecule has 1 heterocycles. The zero-order chi connectivity index (χ0) is 50.3. The molecule has 0 amide bonds. The molecule has 1 aliphatic carbocycles. The van der Waals surface area contributed by atoms with Gasteiger partial charge in [0.05, 0.1) is 24.2 Å². The van der Waals surface area contributed by atoms with Crippen LogP contribution in [0.3, 0.4) is 0 Å². The standard InChI is InChI=1S/C46H41N4O2.2C2H3N.2ClHO4.2Ni/c1-31-23-37-27-47-41(33-15-7-3-8-16-33)43(35-19-11-5-12-20-35)49-29-39-25-32(2)26-40(46(39)52)30-50-44(36-21-13-6-14-22-36)42(34-17-9-4-10-18-34)48-28-38(24-31)45(37)51;2*1-2-3;2*2-1(3,4)5;;/h3-30,33,41-44,51-52H,1-2H3;2*1H3;2*(H,2,3,4,5);;/q-1;;;;;+2;+3/p-4/t41-,42-,43-,44-;;;;;;/m1....../s1. The maximum Gasteiger partial charge on any atom is 3.00 e. The van der Waals surface area contributed by atoms with Crippen molar-refractivity contribution in [3.8, 4) is 23.6 Å². The Morgan fingerprint density at radius 3 is 1.09 bits per heavy atom. The second kappa shape index (κ2) is 31.2. The molecule has 5 aromatic carbocycles. The van der Waals surface area contributed by atoms with Gasteiger partial charge in [0.2, 0.25) is 0 Å². The molecule has 4 bridgehead atoms.